The van der Waals surface area contributed by atoms with Crippen molar-refractivity contribution in [3.63, 3.8) is 0 Å². The Balaban J connectivity index is 1.78. The number of hydrogen-bond acceptors (Lipinski definition) is 4. The summed E-state index contributed by atoms with van der Waals surface area (Å²) in [4.78, 5) is 16.7. The van der Waals surface area contributed by atoms with E-state index in [1.807, 2.05) is 5.06 Å². The molecule has 4 nitrogen and oxygen atoms in total. The van der Waals surface area contributed by atoms with Crippen LogP contribution in [-0.4, -0.2) is 29.4 Å². The first-order valence-electron chi connectivity index (χ1n) is 4.95. The Morgan fingerprint density at radius 1 is 1.54 bits per heavy atom. The Bertz CT molecular complexity index is 241. The maximum Gasteiger partial charge on any atom is 0.308 e. The molecule has 0 radical (unpaired) electrons. The van der Waals surface area contributed by atoms with Crippen molar-refractivity contribution in [3.05, 3.63) is 0 Å². The average Bonchev–Trinajstić information content (AvgIpc) is 2.67. The molecule has 3 aliphatic heterocycles. The molecular weight excluding hydrogens is 170 g/mol. The second-order valence-corrected chi connectivity index (χ2v) is 4.12. The number of carbonyl (C=O) groups is 1. The molecule has 0 unspecified atom stereocenters. The first kappa shape index (κ1) is 7.76. The second kappa shape index (κ2) is 2.45. The third-order valence-corrected chi connectivity index (χ3v) is 3.16. The van der Waals surface area contributed by atoms with Gasteiger partial charge in [0.2, 0.25) is 5.79 Å². The Hall–Kier alpha value is -0.610. The van der Waals surface area contributed by atoms with Crippen LogP contribution in [0, 0.1) is 0 Å². The number of fused-ring (bicyclic) bond motifs is 1. The molecule has 0 N–H and O–H groups in total. The second-order valence-electron chi connectivity index (χ2n) is 4.12. The summed E-state index contributed by atoms with van der Waals surface area (Å²) in [6.45, 7) is 0.990. The van der Waals surface area contributed by atoms with Gasteiger partial charge in [0.15, 0.2) is 0 Å². The molecule has 3 heterocycles. The Morgan fingerprint density at radius 3 is 3.15 bits per heavy atom. The highest BCUT2D eigenvalue weighted by Crippen LogP contribution is 2.43. The summed E-state index contributed by atoms with van der Waals surface area (Å²) in [5.74, 6) is -0.677. The van der Waals surface area contributed by atoms with Crippen LogP contribution in [0.2, 0.25) is 0 Å². The zero-order valence-electron chi connectivity index (χ0n) is 7.49. The van der Waals surface area contributed by atoms with E-state index in [0.717, 1.165) is 19.4 Å². The van der Waals surface area contributed by atoms with Gasteiger partial charge in [-0.1, -0.05) is 0 Å². The summed E-state index contributed by atoms with van der Waals surface area (Å²) in [5.41, 5.74) is 0. The van der Waals surface area contributed by atoms with Crippen LogP contribution in [0.5, 0.6) is 0 Å². The van der Waals surface area contributed by atoms with E-state index in [0.29, 0.717) is 12.5 Å². The molecule has 0 aromatic heterocycles. The number of ether oxygens (including phenoxy) is 1. The van der Waals surface area contributed by atoms with Crippen LogP contribution in [0.15, 0.2) is 0 Å². The molecular formula is C9H13NO3. The van der Waals surface area contributed by atoms with Crippen LogP contribution < -0.4 is 0 Å². The van der Waals surface area contributed by atoms with Gasteiger partial charge in [0.1, 0.15) is 0 Å². The predicted molar refractivity (Wildman–Crippen MR) is 43.5 cm³/mol. The Morgan fingerprint density at radius 2 is 2.46 bits per heavy atom. The summed E-state index contributed by atoms with van der Waals surface area (Å²) < 4.78 is 5.24. The standard InChI is InChI=1S/C9H13NO3/c11-8-3-4-9(12-8)6-7-2-1-5-10(7)13-9/h7H,1-6H2/t7-,9-/m0/s1. The minimum absolute atomic E-state index is 0.110. The van der Waals surface area contributed by atoms with Gasteiger partial charge in [0, 0.05) is 25.4 Å². The summed E-state index contributed by atoms with van der Waals surface area (Å²) in [7, 11) is 0. The molecule has 3 saturated heterocycles. The van der Waals surface area contributed by atoms with E-state index in [1.165, 1.54) is 12.8 Å². The van der Waals surface area contributed by atoms with Gasteiger partial charge in [-0.15, -0.1) is 0 Å². The first-order chi connectivity index (χ1) is 6.27. The third-order valence-electron chi connectivity index (χ3n) is 3.16. The summed E-state index contributed by atoms with van der Waals surface area (Å²) in [6.07, 6.45) is 4.51. The quantitative estimate of drug-likeness (QED) is 0.521. The lowest BCUT2D eigenvalue weighted by atomic mass is 10.0. The molecule has 0 amide bonds. The number of rotatable bonds is 0. The lowest BCUT2D eigenvalue weighted by Crippen LogP contribution is -2.30. The molecule has 3 aliphatic rings. The van der Waals surface area contributed by atoms with Gasteiger partial charge in [-0.25, -0.2) is 0 Å². The molecule has 1 spiro atoms. The smallest absolute Gasteiger partial charge is 0.308 e. The van der Waals surface area contributed by atoms with Gasteiger partial charge in [-0.3, -0.25) is 9.63 Å². The molecule has 0 aromatic carbocycles. The zero-order valence-corrected chi connectivity index (χ0v) is 7.49. The molecule has 13 heavy (non-hydrogen) atoms. The maximum atomic E-state index is 11.0. The predicted octanol–water partition coefficient (Wildman–Crippen LogP) is 0.819. The molecule has 72 valence electrons. The molecule has 0 saturated carbocycles. The van der Waals surface area contributed by atoms with Crippen LogP contribution in [0.1, 0.15) is 32.1 Å². The minimum atomic E-state index is -0.567. The topological polar surface area (TPSA) is 38.8 Å². The summed E-state index contributed by atoms with van der Waals surface area (Å²) in [5, 5.41) is 2.00. The molecule has 3 rings (SSSR count). The van der Waals surface area contributed by atoms with Crippen LogP contribution in [0.4, 0.5) is 0 Å². The van der Waals surface area contributed by atoms with Crippen molar-refractivity contribution in [2.24, 2.45) is 0 Å². The first-order valence-corrected chi connectivity index (χ1v) is 4.95. The monoisotopic (exact) mass is 183 g/mol. The Labute approximate surface area is 76.7 Å². The Kier molecular flexibility index (Phi) is 1.46. The van der Waals surface area contributed by atoms with Crippen LogP contribution >= 0.6 is 0 Å². The van der Waals surface area contributed by atoms with Crippen molar-refractivity contribution in [1.29, 1.82) is 0 Å². The van der Waals surface area contributed by atoms with Crippen molar-refractivity contribution < 1.29 is 14.4 Å². The summed E-state index contributed by atoms with van der Waals surface area (Å²) in [6, 6.07) is 0.492. The lowest BCUT2D eigenvalue weighted by Gasteiger charge is -2.21. The largest absolute Gasteiger partial charge is 0.431 e. The molecule has 4 heteroatoms. The maximum absolute atomic E-state index is 11.0. The number of hydroxylamine groups is 2. The van der Waals surface area contributed by atoms with E-state index in [-0.39, 0.29) is 5.97 Å². The number of esters is 1. The average molecular weight is 183 g/mol. The highest BCUT2D eigenvalue weighted by Gasteiger charge is 2.53. The fraction of sp³-hybridized carbons (Fsp3) is 0.889. The highest BCUT2D eigenvalue weighted by atomic mass is 16.8. The van der Waals surface area contributed by atoms with Crippen molar-refractivity contribution >= 4 is 5.97 Å². The van der Waals surface area contributed by atoms with Gasteiger partial charge >= 0.3 is 5.97 Å². The van der Waals surface area contributed by atoms with E-state index in [9.17, 15) is 4.79 Å². The number of hydrogen-bond donors (Lipinski definition) is 0. The van der Waals surface area contributed by atoms with Gasteiger partial charge in [-0.2, -0.15) is 5.06 Å². The molecule has 3 fully saturated rings. The fourth-order valence-corrected chi connectivity index (χ4v) is 2.55. The minimum Gasteiger partial charge on any atom is -0.431 e. The fourth-order valence-electron chi connectivity index (χ4n) is 2.55. The van der Waals surface area contributed by atoms with Crippen LogP contribution in [-0.2, 0) is 14.4 Å². The van der Waals surface area contributed by atoms with E-state index in [1.54, 1.807) is 0 Å². The van der Waals surface area contributed by atoms with Gasteiger partial charge in [0.05, 0.1) is 6.42 Å². The van der Waals surface area contributed by atoms with E-state index in [4.69, 9.17) is 9.57 Å². The molecule has 0 aliphatic carbocycles. The normalized spacial score (nSPS) is 44.3. The van der Waals surface area contributed by atoms with Crippen LogP contribution in [0.25, 0.3) is 0 Å². The lowest BCUT2D eigenvalue weighted by molar-refractivity contribution is -0.276. The van der Waals surface area contributed by atoms with E-state index >= 15 is 0 Å². The molecule has 0 bridgehead atoms. The van der Waals surface area contributed by atoms with Crippen molar-refractivity contribution in [3.8, 4) is 0 Å². The number of carbonyl (C=O) groups excluding carboxylic acids is 1. The van der Waals surface area contributed by atoms with E-state index < -0.39 is 5.79 Å². The SMILES string of the molecule is O=C1CC[C@]2(C[C@@H]3CCCN3O2)O1. The van der Waals surface area contributed by atoms with Gasteiger partial charge in [-0.05, 0) is 12.8 Å². The van der Waals surface area contributed by atoms with Crippen LogP contribution in [0.3, 0.4) is 0 Å². The van der Waals surface area contributed by atoms with Gasteiger partial charge in [0.25, 0.3) is 0 Å². The van der Waals surface area contributed by atoms with E-state index in [2.05, 4.69) is 0 Å². The van der Waals surface area contributed by atoms with Crippen molar-refractivity contribution in [2.45, 2.75) is 43.9 Å². The summed E-state index contributed by atoms with van der Waals surface area (Å²) >= 11 is 0. The van der Waals surface area contributed by atoms with Gasteiger partial charge < -0.3 is 4.74 Å². The molecule has 2 atom stereocenters. The highest BCUT2D eigenvalue weighted by molar-refractivity contribution is 5.72. The van der Waals surface area contributed by atoms with Crippen molar-refractivity contribution in [2.75, 3.05) is 6.54 Å². The third kappa shape index (κ3) is 1.09. The molecule has 0 aromatic rings. The number of nitrogens with zero attached hydrogens (tertiary/aromatic N) is 1. The zero-order chi connectivity index (χ0) is 8.89. The van der Waals surface area contributed by atoms with Crippen molar-refractivity contribution in [1.82, 2.24) is 5.06 Å².